The van der Waals surface area contributed by atoms with Crippen molar-refractivity contribution < 1.29 is 43.7 Å². The summed E-state index contributed by atoms with van der Waals surface area (Å²) in [4.78, 5) is 63.7. The lowest BCUT2D eigenvalue weighted by Crippen LogP contribution is -2.43. The number of unbranched alkanes of at least 4 members (excludes halogenated alkanes) is 1. The quantitative estimate of drug-likeness (QED) is 0.0795. The first kappa shape index (κ1) is 37.9. The number of aliphatic carboxylic acids is 2. The first-order chi connectivity index (χ1) is 20.5. The van der Waals surface area contributed by atoms with E-state index >= 15 is 0 Å². The van der Waals surface area contributed by atoms with Crippen molar-refractivity contribution >= 4 is 72.9 Å². The Kier molecular flexibility index (Phi) is 17.6. The van der Waals surface area contributed by atoms with E-state index in [1.54, 1.807) is 50.1 Å². The van der Waals surface area contributed by atoms with Crippen LogP contribution in [0.25, 0.3) is 0 Å². The molecule has 0 saturated carbocycles. The lowest BCUT2D eigenvalue weighted by atomic mass is 10.1. The molecule has 2 rings (SSSR count). The van der Waals surface area contributed by atoms with E-state index in [4.69, 9.17) is 9.47 Å². The van der Waals surface area contributed by atoms with Crippen molar-refractivity contribution in [2.24, 2.45) is 11.8 Å². The SMILES string of the molecule is COC(C)OC(=O)CCCCC(CSSCC(C)C(=O)N1CCCC1C(=O)O)SSCC(C)C(=O)N1CCCC1C(=O)O. The molecule has 2 aliphatic rings. The van der Waals surface area contributed by atoms with Crippen molar-refractivity contribution in [2.45, 2.75) is 95.8 Å². The molecule has 6 atom stereocenters. The van der Waals surface area contributed by atoms with Gasteiger partial charge in [0.25, 0.3) is 0 Å². The molecule has 15 heteroatoms. The second kappa shape index (κ2) is 20.0. The molecule has 11 nitrogen and oxygen atoms in total. The van der Waals surface area contributed by atoms with E-state index in [9.17, 15) is 34.2 Å². The number of carbonyl (C=O) groups excluding carboxylic acids is 3. The predicted octanol–water partition coefficient (Wildman–Crippen LogP) is 4.64. The van der Waals surface area contributed by atoms with Gasteiger partial charge >= 0.3 is 17.9 Å². The van der Waals surface area contributed by atoms with Gasteiger partial charge in [0, 0.05) is 61.0 Å². The van der Waals surface area contributed by atoms with Crippen molar-refractivity contribution in [3.05, 3.63) is 0 Å². The minimum atomic E-state index is -0.951. The second-order valence-electron chi connectivity index (χ2n) is 11.0. The molecule has 2 N–H and O–H groups in total. The minimum Gasteiger partial charge on any atom is -0.480 e. The number of hydrogen-bond acceptors (Lipinski definition) is 11. The monoisotopic (exact) mass is 682 g/mol. The van der Waals surface area contributed by atoms with Crippen molar-refractivity contribution in [1.82, 2.24) is 9.80 Å². The molecule has 0 aromatic carbocycles. The van der Waals surface area contributed by atoms with Crippen molar-refractivity contribution in [2.75, 3.05) is 37.5 Å². The molecule has 2 amide bonds. The minimum absolute atomic E-state index is 0.115. The topological polar surface area (TPSA) is 151 Å². The van der Waals surface area contributed by atoms with Crippen molar-refractivity contribution in [3.8, 4) is 0 Å². The Bertz CT molecular complexity index is 944. The molecule has 0 aliphatic carbocycles. The van der Waals surface area contributed by atoms with Gasteiger partial charge in [-0.05, 0) is 45.4 Å². The number of hydrogen-bond donors (Lipinski definition) is 2. The van der Waals surface area contributed by atoms with Gasteiger partial charge in [0.1, 0.15) is 12.1 Å². The zero-order chi connectivity index (χ0) is 31.9. The highest BCUT2D eigenvalue weighted by Gasteiger charge is 2.37. The molecule has 2 heterocycles. The summed E-state index contributed by atoms with van der Waals surface area (Å²) in [6.07, 6.45) is 4.49. The Morgan fingerprint density at radius 1 is 0.791 bits per heavy atom. The van der Waals surface area contributed by atoms with E-state index in [-0.39, 0.29) is 34.9 Å². The molecule has 0 aromatic rings. The van der Waals surface area contributed by atoms with Gasteiger partial charge in [-0.3, -0.25) is 14.4 Å². The highest BCUT2D eigenvalue weighted by Crippen LogP contribution is 2.37. The molecule has 6 unspecified atom stereocenters. The van der Waals surface area contributed by atoms with Gasteiger partial charge in [-0.25, -0.2) is 9.59 Å². The van der Waals surface area contributed by atoms with Crippen LogP contribution in [0.15, 0.2) is 0 Å². The molecule has 246 valence electrons. The smallest absolute Gasteiger partial charge is 0.326 e. The molecular formula is C28H46N2O9S4. The van der Waals surface area contributed by atoms with E-state index in [2.05, 4.69) is 0 Å². The Morgan fingerprint density at radius 3 is 1.81 bits per heavy atom. The summed E-state index contributed by atoms with van der Waals surface area (Å²) in [6, 6.07) is -1.46. The van der Waals surface area contributed by atoms with E-state index in [1.165, 1.54) is 16.9 Å². The van der Waals surface area contributed by atoms with Gasteiger partial charge in [-0.15, -0.1) is 0 Å². The molecule has 0 radical (unpaired) electrons. The third kappa shape index (κ3) is 12.9. The molecular weight excluding hydrogens is 637 g/mol. The molecule has 2 fully saturated rings. The summed E-state index contributed by atoms with van der Waals surface area (Å²) < 4.78 is 10.1. The van der Waals surface area contributed by atoms with Crippen molar-refractivity contribution in [1.29, 1.82) is 0 Å². The van der Waals surface area contributed by atoms with E-state index < -0.39 is 30.3 Å². The van der Waals surface area contributed by atoms with Gasteiger partial charge in [0.15, 0.2) is 6.29 Å². The predicted molar refractivity (Wildman–Crippen MR) is 173 cm³/mol. The maximum absolute atomic E-state index is 12.9. The Balaban J connectivity index is 1.82. The van der Waals surface area contributed by atoms with Crippen LogP contribution in [0.3, 0.4) is 0 Å². The fourth-order valence-electron chi connectivity index (χ4n) is 4.89. The van der Waals surface area contributed by atoms with Crippen LogP contribution >= 0.6 is 43.2 Å². The summed E-state index contributed by atoms with van der Waals surface area (Å²) in [7, 11) is 8.05. The maximum Gasteiger partial charge on any atom is 0.326 e. The second-order valence-corrected chi connectivity index (χ2v) is 16.2. The largest absolute Gasteiger partial charge is 0.480 e. The molecule has 43 heavy (non-hydrogen) atoms. The number of methoxy groups -OCH3 is 1. The molecule has 2 saturated heterocycles. The van der Waals surface area contributed by atoms with Gasteiger partial charge in [-0.1, -0.05) is 63.4 Å². The summed E-state index contributed by atoms with van der Waals surface area (Å²) in [5.74, 6) is -1.08. The van der Waals surface area contributed by atoms with Crippen LogP contribution < -0.4 is 0 Å². The first-order valence-electron chi connectivity index (χ1n) is 14.8. The van der Waals surface area contributed by atoms with E-state index in [0.717, 1.165) is 18.6 Å². The van der Waals surface area contributed by atoms with Crippen LogP contribution in [-0.2, 0) is 33.4 Å². The third-order valence-corrected chi connectivity index (χ3v) is 13.4. The average Bonchev–Trinajstić information content (AvgIpc) is 3.66. The third-order valence-electron chi connectivity index (χ3n) is 7.45. The first-order valence-corrected chi connectivity index (χ1v) is 19.6. The van der Waals surface area contributed by atoms with Crippen LogP contribution in [0.5, 0.6) is 0 Å². The lowest BCUT2D eigenvalue weighted by Gasteiger charge is -2.25. The van der Waals surface area contributed by atoms with Crippen LogP contribution in [-0.4, -0.2) is 111 Å². The molecule has 0 spiro atoms. The number of amides is 2. The van der Waals surface area contributed by atoms with Gasteiger partial charge in [-0.2, -0.15) is 0 Å². The number of rotatable bonds is 20. The van der Waals surface area contributed by atoms with Crippen LogP contribution in [0.2, 0.25) is 0 Å². The Labute approximate surface area is 270 Å². The number of esters is 1. The van der Waals surface area contributed by atoms with Crippen LogP contribution in [0, 0.1) is 11.8 Å². The highest BCUT2D eigenvalue weighted by molar-refractivity contribution is 8.78. The fraction of sp³-hybridized carbons (Fsp3) is 0.821. The standard InChI is InChI=1S/C28H46N2O9S4/c1-18(25(32)29-13-7-10-22(29)27(34)35)15-40-41-17-21(9-5-6-12-24(31)39-20(3)38-4)43-42-16-19(2)26(33)30-14-8-11-23(30)28(36)37/h18-23H,5-17H2,1-4H3,(H,34,35)(H,36,37). The van der Waals surface area contributed by atoms with Crippen LogP contribution in [0.1, 0.15) is 72.1 Å². The van der Waals surface area contributed by atoms with E-state index in [0.29, 0.717) is 63.1 Å². The number of carboxylic acids is 2. The number of nitrogens with zero attached hydrogens (tertiary/aromatic N) is 2. The number of likely N-dealkylation sites (tertiary alicyclic amines) is 2. The number of carboxylic acid groups (broad SMARTS) is 2. The normalized spacial score (nSPS) is 21.3. The molecule has 2 aliphatic heterocycles. The fourth-order valence-corrected chi connectivity index (χ4v) is 11.2. The zero-order valence-corrected chi connectivity index (χ0v) is 28.7. The van der Waals surface area contributed by atoms with Gasteiger partial charge < -0.3 is 29.5 Å². The summed E-state index contributed by atoms with van der Waals surface area (Å²) in [6.45, 7) is 6.31. The maximum atomic E-state index is 12.9. The van der Waals surface area contributed by atoms with E-state index in [1.807, 2.05) is 13.8 Å². The summed E-state index contributed by atoms with van der Waals surface area (Å²) in [5.41, 5.74) is 0. The Morgan fingerprint density at radius 2 is 1.30 bits per heavy atom. The number of carbonyl (C=O) groups is 5. The number of ether oxygens (including phenoxy) is 2. The average molecular weight is 683 g/mol. The van der Waals surface area contributed by atoms with Crippen LogP contribution in [0.4, 0.5) is 0 Å². The van der Waals surface area contributed by atoms with Gasteiger partial charge in [0.2, 0.25) is 11.8 Å². The zero-order valence-electron chi connectivity index (χ0n) is 25.4. The Hall–Kier alpha value is -1.29. The van der Waals surface area contributed by atoms with Crippen molar-refractivity contribution in [3.63, 3.8) is 0 Å². The summed E-state index contributed by atoms with van der Waals surface area (Å²) in [5, 5.41) is 19.1. The van der Waals surface area contributed by atoms with Gasteiger partial charge in [0.05, 0.1) is 0 Å². The molecule has 0 aromatic heterocycles. The lowest BCUT2D eigenvalue weighted by molar-refractivity contribution is -0.169. The molecule has 0 bridgehead atoms. The summed E-state index contributed by atoms with van der Waals surface area (Å²) >= 11 is 0. The highest BCUT2D eigenvalue weighted by atomic mass is 33.1.